The van der Waals surface area contributed by atoms with E-state index in [-0.39, 0.29) is 11.4 Å². The zero-order chi connectivity index (χ0) is 24.1. The molecular formula is C23H28N6O4S. The maximum absolute atomic E-state index is 13.2. The Bertz CT molecular complexity index is 1270. The lowest BCUT2D eigenvalue weighted by molar-refractivity contribution is -0.117. The number of benzene rings is 2. The number of carbonyl (C=O) groups excluding carboxylic acids is 1. The standard InChI is InChI=1S/C23H28N6O4S/c1-17-10-11-19(15-21(17)34(31,32)28-12-5-3-4-6-13-28)24-22(30)16-29-26-23(25-27-29)18-8-7-9-20(14-18)33-2/h7-11,14-15H,3-6,12-13,16H2,1-2H3,(H,24,30). The van der Waals surface area contributed by atoms with Crippen LogP contribution in [0.1, 0.15) is 31.2 Å². The van der Waals surface area contributed by atoms with E-state index in [0.717, 1.165) is 25.7 Å². The van der Waals surface area contributed by atoms with E-state index in [0.29, 0.717) is 41.5 Å². The van der Waals surface area contributed by atoms with Gasteiger partial charge in [-0.1, -0.05) is 31.0 Å². The molecule has 1 aromatic heterocycles. The molecule has 2 heterocycles. The Labute approximate surface area is 199 Å². The summed E-state index contributed by atoms with van der Waals surface area (Å²) in [5.74, 6) is 0.640. The van der Waals surface area contributed by atoms with Crippen molar-refractivity contribution < 1.29 is 17.9 Å². The van der Waals surface area contributed by atoms with Crippen LogP contribution in [0.15, 0.2) is 47.4 Å². The van der Waals surface area contributed by atoms with Crippen molar-refractivity contribution in [1.29, 1.82) is 0 Å². The minimum atomic E-state index is -3.63. The smallest absolute Gasteiger partial charge is 0.248 e. The zero-order valence-electron chi connectivity index (χ0n) is 19.3. The fourth-order valence-electron chi connectivity index (χ4n) is 3.89. The number of aryl methyl sites for hydroxylation is 1. The van der Waals surface area contributed by atoms with Gasteiger partial charge >= 0.3 is 0 Å². The van der Waals surface area contributed by atoms with Crippen LogP contribution >= 0.6 is 0 Å². The Morgan fingerprint density at radius 3 is 2.59 bits per heavy atom. The van der Waals surface area contributed by atoms with Gasteiger partial charge in [-0.2, -0.15) is 9.10 Å². The van der Waals surface area contributed by atoms with Crippen LogP contribution in [0, 0.1) is 6.92 Å². The second-order valence-electron chi connectivity index (χ2n) is 8.22. The van der Waals surface area contributed by atoms with Crippen LogP contribution in [0.25, 0.3) is 11.4 Å². The maximum atomic E-state index is 13.2. The fraction of sp³-hybridized carbons (Fsp3) is 0.391. The first-order valence-corrected chi connectivity index (χ1v) is 12.6. The number of anilines is 1. The number of methoxy groups -OCH3 is 1. The molecular weight excluding hydrogens is 456 g/mol. The van der Waals surface area contributed by atoms with E-state index in [2.05, 4.69) is 20.7 Å². The summed E-state index contributed by atoms with van der Waals surface area (Å²) in [6, 6.07) is 12.1. The summed E-state index contributed by atoms with van der Waals surface area (Å²) in [5, 5.41) is 14.9. The van der Waals surface area contributed by atoms with Crippen molar-refractivity contribution in [1.82, 2.24) is 24.5 Å². The lowest BCUT2D eigenvalue weighted by Crippen LogP contribution is -2.32. The molecule has 1 fully saturated rings. The highest BCUT2D eigenvalue weighted by atomic mass is 32.2. The molecule has 0 atom stereocenters. The summed E-state index contributed by atoms with van der Waals surface area (Å²) in [7, 11) is -2.06. The van der Waals surface area contributed by atoms with Gasteiger partial charge in [-0.15, -0.1) is 10.2 Å². The first kappa shape index (κ1) is 23.8. The second-order valence-corrected chi connectivity index (χ2v) is 10.1. The molecule has 0 radical (unpaired) electrons. The highest BCUT2D eigenvalue weighted by molar-refractivity contribution is 7.89. The summed E-state index contributed by atoms with van der Waals surface area (Å²) in [4.78, 5) is 14.0. The van der Waals surface area contributed by atoms with E-state index in [1.807, 2.05) is 18.2 Å². The average molecular weight is 485 g/mol. The predicted molar refractivity (Wildman–Crippen MR) is 127 cm³/mol. The molecule has 2 aromatic carbocycles. The van der Waals surface area contributed by atoms with Crippen molar-refractivity contribution in [3.05, 3.63) is 48.0 Å². The highest BCUT2D eigenvalue weighted by Gasteiger charge is 2.27. The van der Waals surface area contributed by atoms with Crippen LogP contribution in [-0.4, -0.2) is 59.0 Å². The maximum Gasteiger partial charge on any atom is 0.248 e. The molecule has 10 nitrogen and oxygen atoms in total. The Hall–Kier alpha value is -3.31. The van der Waals surface area contributed by atoms with Gasteiger partial charge in [0.25, 0.3) is 0 Å². The lowest BCUT2D eigenvalue weighted by atomic mass is 10.2. The van der Waals surface area contributed by atoms with Crippen molar-refractivity contribution in [3.8, 4) is 17.1 Å². The molecule has 0 aliphatic carbocycles. The van der Waals surface area contributed by atoms with Crippen molar-refractivity contribution >= 4 is 21.6 Å². The van der Waals surface area contributed by atoms with Crippen LogP contribution in [0.3, 0.4) is 0 Å². The van der Waals surface area contributed by atoms with Gasteiger partial charge in [0, 0.05) is 24.3 Å². The molecule has 0 unspecified atom stereocenters. The lowest BCUT2D eigenvalue weighted by Gasteiger charge is -2.21. The van der Waals surface area contributed by atoms with Crippen LogP contribution in [0.5, 0.6) is 5.75 Å². The van der Waals surface area contributed by atoms with Crippen molar-refractivity contribution in [2.45, 2.75) is 44.0 Å². The van der Waals surface area contributed by atoms with Gasteiger partial charge in [0.1, 0.15) is 12.3 Å². The van der Waals surface area contributed by atoms with Crippen LogP contribution < -0.4 is 10.1 Å². The Morgan fingerprint density at radius 1 is 1.09 bits per heavy atom. The molecule has 0 saturated carbocycles. The van der Waals surface area contributed by atoms with Gasteiger partial charge in [-0.25, -0.2) is 8.42 Å². The third kappa shape index (κ3) is 5.42. The van der Waals surface area contributed by atoms with Crippen molar-refractivity contribution in [2.24, 2.45) is 0 Å². The Balaban J connectivity index is 1.46. The third-order valence-electron chi connectivity index (χ3n) is 5.72. The summed E-state index contributed by atoms with van der Waals surface area (Å²) in [5.41, 5.74) is 1.76. The van der Waals surface area contributed by atoms with Crippen LogP contribution in [0.2, 0.25) is 0 Å². The molecule has 3 aromatic rings. The van der Waals surface area contributed by atoms with Crippen LogP contribution in [0.4, 0.5) is 5.69 Å². The number of hydrogen-bond donors (Lipinski definition) is 1. The SMILES string of the molecule is COc1cccc(-c2nnn(CC(=O)Nc3ccc(C)c(S(=O)(=O)N4CCCCCC4)c3)n2)c1. The molecule has 180 valence electrons. The number of carbonyl (C=O) groups is 1. The number of amides is 1. The molecule has 0 spiro atoms. The quantitative estimate of drug-likeness (QED) is 0.548. The van der Waals surface area contributed by atoms with Crippen molar-refractivity contribution in [3.63, 3.8) is 0 Å². The fourth-order valence-corrected chi connectivity index (χ4v) is 5.66. The molecule has 1 saturated heterocycles. The normalized spacial score (nSPS) is 15.0. The zero-order valence-corrected chi connectivity index (χ0v) is 20.1. The molecule has 34 heavy (non-hydrogen) atoms. The molecule has 1 aliphatic rings. The van der Waals surface area contributed by atoms with E-state index in [1.165, 1.54) is 10.9 Å². The highest BCUT2D eigenvalue weighted by Crippen LogP contribution is 2.26. The molecule has 11 heteroatoms. The number of aromatic nitrogens is 4. The number of tetrazole rings is 1. The summed E-state index contributed by atoms with van der Waals surface area (Å²) in [6.45, 7) is 2.63. The molecule has 4 rings (SSSR count). The van der Waals surface area contributed by atoms with Gasteiger partial charge in [0.15, 0.2) is 0 Å². The van der Waals surface area contributed by atoms with Gasteiger partial charge in [0.05, 0.1) is 12.0 Å². The number of hydrogen-bond acceptors (Lipinski definition) is 7. The van der Waals surface area contributed by atoms with E-state index in [1.54, 1.807) is 36.5 Å². The topological polar surface area (TPSA) is 119 Å². The van der Waals surface area contributed by atoms with Crippen molar-refractivity contribution in [2.75, 3.05) is 25.5 Å². The molecule has 0 bridgehead atoms. The first-order chi connectivity index (χ1) is 16.4. The minimum absolute atomic E-state index is 0.168. The number of ether oxygens (including phenoxy) is 1. The summed E-state index contributed by atoms with van der Waals surface area (Å²) < 4.78 is 33.2. The van der Waals surface area contributed by atoms with Gasteiger partial charge in [-0.3, -0.25) is 4.79 Å². The largest absolute Gasteiger partial charge is 0.497 e. The van der Waals surface area contributed by atoms with Gasteiger partial charge in [-0.05, 0) is 54.8 Å². The number of sulfonamides is 1. The van der Waals surface area contributed by atoms with E-state index in [4.69, 9.17) is 4.74 Å². The number of nitrogens with zero attached hydrogens (tertiary/aromatic N) is 5. The predicted octanol–water partition coefficient (Wildman–Crippen LogP) is 2.86. The van der Waals surface area contributed by atoms with Crippen LogP contribution in [-0.2, 0) is 21.4 Å². The minimum Gasteiger partial charge on any atom is -0.497 e. The second kappa shape index (κ2) is 10.3. The van der Waals surface area contributed by atoms with E-state index in [9.17, 15) is 13.2 Å². The molecule has 1 amide bonds. The molecule has 1 N–H and O–H groups in total. The van der Waals surface area contributed by atoms with E-state index < -0.39 is 15.9 Å². The first-order valence-electron chi connectivity index (χ1n) is 11.2. The third-order valence-corrected chi connectivity index (χ3v) is 7.76. The molecule has 1 aliphatic heterocycles. The Morgan fingerprint density at radius 2 is 1.85 bits per heavy atom. The summed E-state index contributed by atoms with van der Waals surface area (Å²) >= 11 is 0. The summed E-state index contributed by atoms with van der Waals surface area (Å²) in [6.07, 6.45) is 3.79. The van der Waals surface area contributed by atoms with Gasteiger partial charge in [0.2, 0.25) is 21.8 Å². The van der Waals surface area contributed by atoms with E-state index >= 15 is 0 Å². The number of nitrogens with one attached hydrogen (secondary N) is 1. The van der Waals surface area contributed by atoms with Gasteiger partial charge < -0.3 is 10.1 Å². The average Bonchev–Trinajstić information content (AvgIpc) is 3.11. The monoisotopic (exact) mass is 484 g/mol. The Kier molecular flexibility index (Phi) is 7.23. The number of rotatable bonds is 7.